The lowest BCUT2D eigenvalue weighted by atomic mass is 10.2. The molecule has 0 saturated heterocycles. The van der Waals surface area contributed by atoms with E-state index in [9.17, 15) is 15.2 Å². The van der Waals surface area contributed by atoms with Crippen LogP contribution in [-0.2, 0) is 6.54 Å². The molecule has 104 valence electrons. The van der Waals surface area contributed by atoms with Crippen molar-refractivity contribution in [2.45, 2.75) is 6.54 Å². The molecule has 0 aliphatic rings. The summed E-state index contributed by atoms with van der Waals surface area (Å²) in [6.07, 6.45) is 0. The average Bonchev–Trinajstić information content (AvgIpc) is 2.44. The van der Waals surface area contributed by atoms with Gasteiger partial charge in [0.05, 0.1) is 9.40 Å². The predicted octanol–water partition coefficient (Wildman–Crippen LogP) is 3.18. The number of anilines is 1. The lowest BCUT2D eigenvalue weighted by molar-refractivity contribution is -0.385. The number of nitrogens with one attached hydrogen (secondary N) is 2. The molecule has 3 N–H and O–H groups in total. The van der Waals surface area contributed by atoms with Gasteiger partial charge in [-0.2, -0.15) is 0 Å². The fourth-order valence-corrected chi connectivity index (χ4v) is 2.13. The van der Waals surface area contributed by atoms with Crippen molar-refractivity contribution < 1.29 is 10.0 Å². The van der Waals surface area contributed by atoms with E-state index in [1.165, 1.54) is 12.1 Å². The zero-order chi connectivity index (χ0) is 14.5. The highest BCUT2D eigenvalue weighted by Gasteiger charge is 2.14. The number of phenols is 1. The van der Waals surface area contributed by atoms with Crippen LogP contribution in [0.4, 0.5) is 11.4 Å². The highest BCUT2D eigenvalue weighted by atomic mass is 79.9. The van der Waals surface area contributed by atoms with Crippen molar-refractivity contribution in [1.29, 1.82) is 0 Å². The first-order valence-corrected chi connectivity index (χ1v) is 6.57. The zero-order valence-corrected chi connectivity index (χ0v) is 11.9. The minimum absolute atomic E-state index is 0.0158. The number of benzene rings is 2. The SMILES string of the molecule is O=[N+]([O-])c1cc(Br)c(O)c(CNNc2ccccc2)c1. The molecule has 0 aliphatic carbocycles. The normalized spacial score (nSPS) is 10.2. The van der Waals surface area contributed by atoms with E-state index in [1.807, 2.05) is 30.3 Å². The summed E-state index contributed by atoms with van der Waals surface area (Å²) in [5.41, 5.74) is 7.05. The summed E-state index contributed by atoms with van der Waals surface area (Å²) in [4.78, 5) is 10.3. The molecular formula is C13H12BrN3O3. The van der Waals surface area contributed by atoms with Crippen molar-refractivity contribution in [2.75, 3.05) is 5.43 Å². The summed E-state index contributed by atoms with van der Waals surface area (Å²) < 4.78 is 0.295. The number of aromatic hydroxyl groups is 1. The number of nitro groups is 1. The van der Waals surface area contributed by atoms with Gasteiger partial charge in [-0.25, -0.2) is 5.43 Å². The molecule has 20 heavy (non-hydrogen) atoms. The van der Waals surface area contributed by atoms with Gasteiger partial charge in [0.2, 0.25) is 0 Å². The van der Waals surface area contributed by atoms with Crippen molar-refractivity contribution in [1.82, 2.24) is 5.43 Å². The Balaban J connectivity index is 2.07. The smallest absolute Gasteiger partial charge is 0.271 e. The van der Waals surface area contributed by atoms with Gasteiger partial charge in [0.1, 0.15) is 5.75 Å². The molecule has 0 fully saturated rings. The van der Waals surface area contributed by atoms with Crippen LogP contribution in [0.25, 0.3) is 0 Å². The molecule has 2 aromatic rings. The number of nitro benzene ring substituents is 1. The van der Waals surface area contributed by atoms with Gasteiger partial charge >= 0.3 is 0 Å². The number of nitrogens with zero attached hydrogens (tertiary/aromatic N) is 1. The molecule has 2 aromatic carbocycles. The van der Waals surface area contributed by atoms with Crippen LogP contribution in [0.2, 0.25) is 0 Å². The van der Waals surface area contributed by atoms with Gasteiger partial charge in [0.25, 0.3) is 5.69 Å². The van der Waals surface area contributed by atoms with E-state index >= 15 is 0 Å². The topological polar surface area (TPSA) is 87.4 Å². The molecule has 0 amide bonds. The number of hydrogen-bond acceptors (Lipinski definition) is 5. The van der Waals surface area contributed by atoms with Gasteiger partial charge in [-0.1, -0.05) is 18.2 Å². The number of hydrazine groups is 1. The van der Waals surface area contributed by atoms with Crippen molar-refractivity contribution in [3.8, 4) is 5.75 Å². The predicted molar refractivity (Wildman–Crippen MR) is 79.4 cm³/mol. The second-order valence-electron chi connectivity index (χ2n) is 4.04. The van der Waals surface area contributed by atoms with Gasteiger partial charge in [0, 0.05) is 29.9 Å². The Morgan fingerprint density at radius 2 is 1.95 bits per heavy atom. The molecule has 0 heterocycles. The molecule has 0 radical (unpaired) electrons. The Hall–Kier alpha value is -2.12. The van der Waals surface area contributed by atoms with Crippen LogP contribution in [0.15, 0.2) is 46.9 Å². The van der Waals surface area contributed by atoms with E-state index in [-0.39, 0.29) is 18.0 Å². The van der Waals surface area contributed by atoms with Gasteiger partial charge in [-0.15, -0.1) is 0 Å². The number of hydrogen-bond donors (Lipinski definition) is 3. The van der Waals surface area contributed by atoms with Gasteiger partial charge in [-0.05, 0) is 28.1 Å². The molecule has 0 unspecified atom stereocenters. The Morgan fingerprint density at radius 1 is 1.25 bits per heavy atom. The van der Waals surface area contributed by atoms with E-state index in [0.717, 1.165) is 5.69 Å². The van der Waals surface area contributed by atoms with Gasteiger partial charge in [0.15, 0.2) is 0 Å². The zero-order valence-electron chi connectivity index (χ0n) is 10.3. The maximum atomic E-state index is 10.8. The monoisotopic (exact) mass is 337 g/mol. The van der Waals surface area contributed by atoms with Gasteiger partial charge < -0.3 is 10.5 Å². The van der Waals surface area contributed by atoms with E-state index in [1.54, 1.807) is 0 Å². The van der Waals surface area contributed by atoms with E-state index in [4.69, 9.17) is 0 Å². The standard InChI is InChI=1S/C13H12BrN3O3/c14-12-7-11(17(19)20)6-9(13(12)18)8-15-16-10-4-2-1-3-5-10/h1-7,15-16,18H,8H2. The number of non-ortho nitro benzene ring substituents is 1. The summed E-state index contributed by atoms with van der Waals surface area (Å²) in [6, 6.07) is 12.0. The summed E-state index contributed by atoms with van der Waals surface area (Å²) in [5.74, 6) is -0.0158. The first-order chi connectivity index (χ1) is 9.58. The minimum Gasteiger partial charge on any atom is -0.506 e. The van der Waals surface area contributed by atoms with Crippen LogP contribution in [-0.4, -0.2) is 10.0 Å². The summed E-state index contributed by atoms with van der Waals surface area (Å²) in [6.45, 7) is 0.237. The molecular weight excluding hydrogens is 326 g/mol. The Labute approximate surface area is 123 Å². The van der Waals surface area contributed by atoms with Crippen molar-refractivity contribution in [3.63, 3.8) is 0 Å². The Bertz CT molecular complexity index is 620. The Kier molecular flexibility index (Phi) is 4.54. The summed E-state index contributed by atoms with van der Waals surface area (Å²) in [7, 11) is 0. The highest BCUT2D eigenvalue weighted by Crippen LogP contribution is 2.32. The molecule has 0 atom stereocenters. The average molecular weight is 338 g/mol. The second-order valence-corrected chi connectivity index (χ2v) is 4.89. The van der Waals surface area contributed by atoms with Crippen molar-refractivity contribution in [2.24, 2.45) is 0 Å². The highest BCUT2D eigenvalue weighted by molar-refractivity contribution is 9.10. The van der Waals surface area contributed by atoms with E-state index in [0.29, 0.717) is 10.0 Å². The number of phenolic OH excluding ortho intramolecular Hbond substituents is 1. The van der Waals surface area contributed by atoms with Crippen LogP contribution in [0.3, 0.4) is 0 Å². The lowest BCUT2D eigenvalue weighted by Gasteiger charge is -2.10. The third-order valence-corrected chi connectivity index (χ3v) is 3.23. The molecule has 0 bridgehead atoms. The molecule has 0 spiro atoms. The molecule has 0 saturated carbocycles. The van der Waals surface area contributed by atoms with Crippen LogP contribution in [0.1, 0.15) is 5.56 Å². The summed E-state index contributed by atoms with van der Waals surface area (Å²) in [5, 5.41) is 20.6. The summed E-state index contributed by atoms with van der Waals surface area (Å²) >= 11 is 3.10. The lowest BCUT2D eigenvalue weighted by Crippen LogP contribution is -2.20. The molecule has 2 rings (SSSR count). The third-order valence-electron chi connectivity index (χ3n) is 2.62. The number of para-hydroxylation sites is 1. The second kappa shape index (κ2) is 6.36. The molecule has 0 aliphatic heterocycles. The first-order valence-electron chi connectivity index (χ1n) is 5.77. The third kappa shape index (κ3) is 3.46. The fourth-order valence-electron chi connectivity index (χ4n) is 1.64. The largest absolute Gasteiger partial charge is 0.506 e. The van der Waals surface area contributed by atoms with Crippen LogP contribution in [0.5, 0.6) is 5.75 Å². The molecule has 6 nitrogen and oxygen atoms in total. The van der Waals surface area contributed by atoms with Crippen LogP contribution in [0, 0.1) is 10.1 Å². The molecule has 7 heteroatoms. The molecule has 0 aromatic heterocycles. The number of rotatable bonds is 5. The van der Waals surface area contributed by atoms with Crippen LogP contribution >= 0.6 is 15.9 Å². The van der Waals surface area contributed by atoms with Crippen molar-refractivity contribution >= 4 is 27.3 Å². The van der Waals surface area contributed by atoms with E-state index in [2.05, 4.69) is 26.8 Å². The van der Waals surface area contributed by atoms with Crippen molar-refractivity contribution in [3.05, 3.63) is 62.6 Å². The quantitative estimate of drug-likeness (QED) is 0.576. The van der Waals surface area contributed by atoms with E-state index < -0.39 is 4.92 Å². The number of halogens is 1. The van der Waals surface area contributed by atoms with Crippen LogP contribution < -0.4 is 10.9 Å². The van der Waals surface area contributed by atoms with Gasteiger partial charge in [-0.3, -0.25) is 10.1 Å². The Morgan fingerprint density at radius 3 is 2.60 bits per heavy atom. The maximum Gasteiger partial charge on any atom is 0.271 e. The first kappa shape index (κ1) is 14.3. The minimum atomic E-state index is -0.502. The fraction of sp³-hybridized carbons (Fsp3) is 0.0769. The maximum absolute atomic E-state index is 10.8.